The lowest BCUT2D eigenvalue weighted by atomic mass is 9.64. The van der Waals surface area contributed by atoms with Gasteiger partial charge in [-0.1, -0.05) is 27.7 Å². The molecule has 1 N–H and O–H groups in total. The number of hydrogen-bond donors (Lipinski definition) is 1. The maximum atomic E-state index is 6.00. The highest BCUT2D eigenvalue weighted by Gasteiger charge is 2.48. The maximum Gasteiger partial charge on any atom is 0.0940 e. The first-order chi connectivity index (χ1) is 9.39. The zero-order chi connectivity index (χ0) is 14.8. The van der Waals surface area contributed by atoms with Crippen molar-refractivity contribution < 1.29 is 4.74 Å². The first kappa shape index (κ1) is 15.9. The van der Waals surface area contributed by atoms with Crippen LogP contribution in [0.5, 0.6) is 0 Å². The molecule has 114 valence electrons. The molecule has 1 aromatic rings. The maximum absolute atomic E-state index is 6.00. The molecule has 0 aliphatic heterocycles. The van der Waals surface area contributed by atoms with Gasteiger partial charge in [-0.3, -0.25) is 0 Å². The van der Waals surface area contributed by atoms with Crippen molar-refractivity contribution in [2.45, 2.75) is 59.6 Å². The van der Waals surface area contributed by atoms with Crippen LogP contribution in [0, 0.1) is 18.3 Å². The molecule has 4 heteroatoms. The predicted octanol–water partition coefficient (Wildman–Crippen LogP) is 3.42. The van der Waals surface area contributed by atoms with Gasteiger partial charge in [-0.15, -0.1) is 11.3 Å². The third kappa shape index (κ3) is 3.80. The van der Waals surface area contributed by atoms with E-state index >= 15 is 0 Å². The van der Waals surface area contributed by atoms with Crippen molar-refractivity contribution >= 4 is 11.3 Å². The fraction of sp³-hybridized carbons (Fsp3) is 0.812. The van der Waals surface area contributed by atoms with Gasteiger partial charge in [0.2, 0.25) is 0 Å². The van der Waals surface area contributed by atoms with Gasteiger partial charge in [0, 0.05) is 42.1 Å². The predicted molar refractivity (Wildman–Crippen MR) is 85.3 cm³/mol. The summed E-state index contributed by atoms with van der Waals surface area (Å²) >= 11 is 1.76. The highest BCUT2D eigenvalue weighted by Crippen LogP contribution is 2.42. The van der Waals surface area contributed by atoms with Crippen molar-refractivity contribution in [1.29, 1.82) is 0 Å². The zero-order valence-corrected chi connectivity index (χ0v) is 14.2. The first-order valence-electron chi connectivity index (χ1n) is 7.65. The number of rotatable bonds is 7. The highest BCUT2D eigenvalue weighted by molar-refractivity contribution is 7.09. The quantitative estimate of drug-likeness (QED) is 0.837. The molecule has 1 fully saturated rings. The molecule has 0 saturated heterocycles. The average Bonchev–Trinajstić information content (AvgIpc) is 2.77. The normalized spacial score (nSPS) is 24.9. The molecule has 2 atom stereocenters. The molecular weight excluding hydrogens is 268 g/mol. The minimum atomic E-state index is 0.244. The number of hydrogen-bond acceptors (Lipinski definition) is 4. The number of ether oxygens (including phenoxy) is 1. The number of aromatic nitrogens is 1. The molecule has 1 heterocycles. The van der Waals surface area contributed by atoms with Gasteiger partial charge in [0.1, 0.15) is 0 Å². The molecular formula is C16H28N2OS. The van der Waals surface area contributed by atoms with E-state index in [0.717, 1.165) is 31.7 Å². The smallest absolute Gasteiger partial charge is 0.0940 e. The van der Waals surface area contributed by atoms with E-state index in [0.29, 0.717) is 18.1 Å². The summed E-state index contributed by atoms with van der Waals surface area (Å²) in [5.74, 6) is 0.617. The van der Waals surface area contributed by atoms with Gasteiger partial charge in [-0.2, -0.15) is 0 Å². The van der Waals surface area contributed by atoms with E-state index in [2.05, 4.69) is 50.3 Å². The van der Waals surface area contributed by atoms with Crippen LogP contribution in [0.1, 0.15) is 44.8 Å². The summed E-state index contributed by atoms with van der Waals surface area (Å²) in [5.41, 5.74) is 1.38. The molecule has 1 saturated carbocycles. The van der Waals surface area contributed by atoms with E-state index in [1.54, 1.807) is 11.3 Å². The van der Waals surface area contributed by atoms with E-state index in [1.807, 2.05) is 0 Å². The van der Waals surface area contributed by atoms with Crippen molar-refractivity contribution in [3.63, 3.8) is 0 Å². The summed E-state index contributed by atoms with van der Waals surface area (Å²) in [6, 6.07) is 0.570. The molecule has 0 bridgehead atoms. The Morgan fingerprint density at radius 2 is 2.25 bits per heavy atom. The highest BCUT2D eigenvalue weighted by atomic mass is 32.1. The van der Waals surface area contributed by atoms with Crippen LogP contribution in [0.4, 0.5) is 0 Å². The molecule has 0 spiro atoms. The van der Waals surface area contributed by atoms with Gasteiger partial charge in [0.25, 0.3) is 0 Å². The summed E-state index contributed by atoms with van der Waals surface area (Å²) < 4.78 is 6.00. The lowest BCUT2D eigenvalue weighted by molar-refractivity contribution is -0.123. The van der Waals surface area contributed by atoms with Crippen LogP contribution in [-0.4, -0.2) is 30.3 Å². The average molecular weight is 296 g/mol. The first-order valence-corrected chi connectivity index (χ1v) is 8.53. The Kier molecular flexibility index (Phi) is 5.21. The molecule has 1 aromatic heterocycles. The second-order valence-electron chi connectivity index (χ2n) is 6.91. The minimum absolute atomic E-state index is 0.244. The topological polar surface area (TPSA) is 34.1 Å². The summed E-state index contributed by atoms with van der Waals surface area (Å²) in [4.78, 5) is 4.51. The van der Waals surface area contributed by atoms with Crippen LogP contribution < -0.4 is 5.32 Å². The third-order valence-corrected chi connectivity index (χ3v) is 5.23. The Labute approximate surface area is 127 Å². The summed E-state index contributed by atoms with van der Waals surface area (Å²) in [6.07, 6.45) is 2.57. The second-order valence-corrected chi connectivity index (χ2v) is 7.85. The molecule has 20 heavy (non-hydrogen) atoms. The molecule has 0 amide bonds. The second kappa shape index (κ2) is 6.54. The van der Waals surface area contributed by atoms with Crippen LogP contribution >= 0.6 is 11.3 Å². The summed E-state index contributed by atoms with van der Waals surface area (Å²) in [7, 11) is 0. The molecule has 3 nitrogen and oxygen atoms in total. The molecule has 1 aliphatic rings. The molecule has 0 aromatic carbocycles. The standard InChI is InChI=1S/C16H28N2OS/c1-11(2)9-19-14-8-13(16(14,4)5)17-7-6-15-18-12(3)10-20-15/h10-11,13-14,17H,6-9H2,1-5H3. The van der Waals surface area contributed by atoms with Gasteiger partial charge >= 0.3 is 0 Å². The Morgan fingerprint density at radius 1 is 1.50 bits per heavy atom. The van der Waals surface area contributed by atoms with Crippen molar-refractivity contribution in [1.82, 2.24) is 10.3 Å². The summed E-state index contributed by atoms with van der Waals surface area (Å²) in [5, 5.41) is 7.03. The lowest BCUT2D eigenvalue weighted by Gasteiger charge is -2.52. The Bertz CT molecular complexity index is 428. The van der Waals surface area contributed by atoms with Crippen LogP contribution in [0.15, 0.2) is 5.38 Å². The number of aryl methyl sites for hydroxylation is 1. The van der Waals surface area contributed by atoms with Gasteiger partial charge in [0.15, 0.2) is 0 Å². The zero-order valence-electron chi connectivity index (χ0n) is 13.4. The van der Waals surface area contributed by atoms with E-state index in [-0.39, 0.29) is 5.41 Å². The van der Waals surface area contributed by atoms with Gasteiger partial charge in [-0.25, -0.2) is 4.98 Å². The van der Waals surface area contributed by atoms with Crippen LogP contribution in [0.2, 0.25) is 0 Å². The summed E-state index contributed by atoms with van der Waals surface area (Å²) in [6.45, 7) is 13.0. The van der Waals surface area contributed by atoms with Crippen molar-refractivity contribution in [2.75, 3.05) is 13.2 Å². The molecule has 0 radical (unpaired) electrons. The monoisotopic (exact) mass is 296 g/mol. The van der Waals surface area contributed by atoms with Crippen LogP contribution in [0.3, 0.4) is 0 Å². The van der Waals surface area contributed by atoms with E-state index < -0.39 is 0 Å². The van der Waals surface area contributed by atoms with Crippen LogP contribution in [0.25, 0.3) is 0 Å². The molecule has 2 unspecified atom stereocenters. The Hall–Kier alpha value is -0.450. The van der Waals surface area contributed by atoms with Gasteiger partial charge < -0.3 is 10.1 Å². The SMILES string of the molecule is Cc1csc(CCNC2CC(OCC(C)C)C2(C)C)n1. The van der Waals surface area contributed by atoms with E-state index in [4.69, 9.17) is 4.74 Å². The Morgan fingerprint density at radius 3 is 2.80 bits per heavy atom. The lowest BCUT2D eigenvalue weighted by Crippen LogP contribution is -2.61. The van der Waals surface area contributed by atoms with Crippen molar-refractivity contribution in [3.8, 4) is 0 Å². The fourth-order valence-electron chi connectivity index (χ4n) is 2.69. The number of nitrogens with one attached hydrogen (secondary N) is 1. The molecule has 2 rings (SSSR count). The fourth-order valence-corrected chi connectivity index (χ4v) is 3.47. The third-order valence-electron chi connectivity index (χ3n) is 4.20. The van der Waals surface area contributed by atoms with Gasteiger partial charge in [-0.05, 0) is 19.3 Å². The van der Waals surface area contributed by atoms with Gasteiger partial charge in [0.05, 0.1) is 11.1 Å². The minimum Gasteiger partial charge on any atom is -0.377 e. The van der Waals surface area contributed by atoms with Crippen LogP contribution in [-0.2, 0) is 11.2 Å². The number of nitrogens with zero attached hydrogens (tertiary/aromatic N) is 1. The van der Waals surface area contributed by atoms with E-state index in [1.165, 1.54) is 5.01 Å². The molecule has 1 aliphatic carbocycles. The van der Waals surface area contributed by atoms with Crippen molar-refractivity contribution in [3.05, 3.63) is 16.1 Å². The number of thiazole rings is 1. The largest absolute Gasteiger partial charge is 0.377 e. The Balaban J connectivity index is 1.70. The van der Waals surface area contributed by atoms with Crippen molar-refractivity contribution in [2.24, 2.45) is 11.3 Å². The van der Waals surface area contributed by atoms with E-state index in [9.17, 15) is 0 Å².